The van der Waals surface area contributed by atoms with E-state index in [9.17, 15) is 0 Å². The molecule has 4 rings (SSSR count). The summed E-state index contributed by atoms with van der Waals surface area (Å²) in [7, 11) is 0. The Hall–Kier alpha value is -2.08. The van der Waals surface area contributed by atoms with Crippen LogP contribution in [0.5, 0.6) is 0 Å². The van der Waals surface area contributed by atoms with Gasteiger partial charge in [-0.2, -0.15) is 0 Å². The average molecular weight is 286 g/mol. The maximum Gasteiger partial charge on any atom is 0.0210 e. The van der Waals surface area contributed by atoms with Crippen LogP contribution in [-0.2, 0) is 19.3 Å². The van der Waals surface area contributed by atoms with Gasteiger partial charge in [-0.1, -0.05) is 68.5 Å². The van der Waals surface area contributed by atoms with Gasteiger partial charge >= 0.3 is 0 Å². The van der Waals surface area contributed by atoms with Crippen LogP contribution in [0, 0.1) is 0 Å². The second-order valence-corrected chi connectivity index (χ2v) is 6.34. The third-order valence-corrected chi connectivity index (χ3v) is 5.14. The van der Waals surface area contributed by atoms with E-state index in [1.165, 1.54) is 27.8 Å². The zero-order chi connectivity index (χ0) is 15.1. The highest BCUT2D eigenvalue weighted by Crippen LogP contribution is 2.43. The molecule has 2 aromatic carbocycles. The van der Waals surface area contributed by atoms with Gasteiger partial charge in [0.15, 0.2) is 0 Å². The number of rotatable bonds is 3. The molecule has 0 atom stereocenters. The molecule has 0 saturated heterocycles. The Morgan fingerprint density at radius 2 is 1.68 bits per heavy atom. The van der Waals surface area contributed by atoms with Gasteiger partial charge in [0, 0.05) is 5.92 Å². The maximum atomic E-state index is 2.41. The van der Waals surface area contributed by atoms with Gasteiger partial charge in [0.25, 0.3) is 0 Å². The summed E-state index contributed by atoms with van der Waals surface area (Å²) in [5.74, 6) is 0.463. The third-order valence-electron chi connectivity index (χ3n) is 5.14. The topological polar surface area (TPSA) is 0 Å². The summed E-state index contributed by atoms with van der Waals surface area (Å²) in [6.07, 6.45) is 12.3. The quantitative estimate of drug-likeness (QED) is 0.588. The first kappa shape index (κ1) is 13.6. The van der Waals surface area contributed by atoms with E-state index in [-0.39, 0.29) is 0 Å². The fourth-order valence-electron chi connectivity index (χ4n) is 3.97. The van der Waals surface area contributed by atoms with Gasteiger partial charge in [0.05, 0.1) is 0 Å². The summed E-state index contributed by atoms with van der Waals surface area (Å²) >= 11 is 0. The van der Waals surface area contributed by atoms with Crippen LogP contribution < -0.4 is 0 Å². The van der Waals surface area contributed by atoms with Crippen LogP contribution in [0.1, 0.15) is 47.6 Å². The highest BCUT2D eigenvalue weighted by molar-refractivity contribution is 5.79. The largest absolute Gasteiger partial charge is 0.0732 e. The van der Waals surface area contributed by atoms with Gasteiger partial charge in [-0.15, -0.1) is 0 Å². The molecular weight excluding hydrogens is 264 g/mol. The molecule has 110 valence electrons. The minimum Gasteiger partial charge on any atom is -0.0732 e. The van der Waals surface area contributed by atoms with Gasteiger partial charge < -0.3 is 0 Å². The van der Waals surface area contributed by atoms with Crippen molar-refractivity contribution in [1.29, 1.82) is 0 Å². The minimum absolute atomic E-state index is 0.463. The van der Waals surface area contributed by atoms with E-state index in [0.717, 1.165) is 19.3 Å². The van der Waals surface area contributed by atoms with E-state index in [4.69, 9.17) is 0 Å². The second kappa shape index (κ2) is 5.28. The first-order valence-corrected chi connectivity index (χ1v) is 8.43. The van der Waals surface area contributed by atoms with Crippen LogP contribution in [0.2, 0.25) is 0 Å². The van der Waals surface area contributed by atoms with Crippen molar-refractivity contribution in [1.82, 2.24) is 0 Å². The second-order valence-electron chi connectivity index (χ2n) is 6.34. The lowest BCUT2D eigenvalue weighted by molar-refractivity contribution is 0.986. The molecule has 0 spiro atoms. The molecule has 0 N–H and O–H groups in total. The molecule has 2 aliphatic rings. The monoisotopic (exact) mass is 286 g/mol. The standard InChI is InChI=1S/C22H22/c1-3-15-9-11-19-18(13-15)14-21-20(19)12-10-16(4-2)22(21)17-7-5-6-8-17/h5-13,17H,3-4,14H2,1-2H3. The van der Waals surface area contributed by atoms with E-state index in [0.29, 0.717) is 5.92 Å². The van der Waals surface area contributed by atoms with E-state index in [1.807, 2.05) is 0 Å². The van der Waals surface area contributed by atoms with Crippen LogP contribution in [-0.4, -0.2) is 0 Å². The SMILES string of the molecule is CCc1ccc2c(c1)Cc1c-2ccc(CC)c1C1C=CC=C1. The first-order valence-electron chi connectivity index (χ1n) is 8.43. The molecule has 0 aromatic heterocycles. The molecule has 0 amide bonds. The maximum absolute atomic E-state index is 2.41. The Balaban J connectivity index is 1.89. The molecule has 2 aliphatic carbocycles. The molecule has 0 unspecified atom stereocenters. The van der Waals surface area contributed by atoms with Crippen molar-refractivity contribution in [2.24, 2.45) is 0 Å². The summed E-state index contributed by atoms with van der Waals surface area (Å²) in [6.45, 7) is 4.50. The number of allylic oxidation sites excluding steroid dienone is 4. The Bertz CT molecular complexity index is 778. The lowest BCUT2D eigenvalue weighted by Crippen LogP contribution is -2.02. The van der Waals surface area contributed by atoms with Crippen molar-refractivity contribution >= 4 is 0 Å². The number of fused-ring (bicyclic) bond motifs is 3. The fourth-order valence-corrected chi connectivity index (χ4v) is 3.97. The van der Waals surface area contributed by atoms with Crippen molar-refractivity contribution in [3.63, 3.8) is 0 Å². The zero-order valence-electron chi connectivity index (χ0n) is 13.4. The van der Waals surface area contributed by atoms with Crippen molar-refractivity contribution in [2.45, 2.75) is 39.0 Å². The molecule has 0 radical (unpaired) electrons. The van der Waals surface area contributed by atoms with Crippen molar-refractivity contribution in [3.05, 3.63) is 82.5 Å². The highest BCUT2D eigenvalue weighted by Gasteiger charge is 2.25. The van der Waals surface area contributed by atoms with E-state index in [1.54, 1.807) is 11.1 Å². The third kappa shape index (κ3) is 1.98. The average Bonchev–Trinajstić information content (AvgIpc) is 3.20. The lowest BCUT2D eigenvalue weighted by Gasteiger charge is -2.17. The summed E-state index contributed by atoms with van der Waals surface area (Å²) < 4.78 is 0. The molecule has 0 fully saturated rings. The summed E-state index contributed by atoms with van der Waals surface area (Å²) in [5, 5.41) is 0. The Kier molecular flexibility index (Phi) is 3.26. The molecular formula is C22H22. The highest BCUT2D eigenvalue weighted by atomic mass is 14.3. The van der Waals surface area contributed by atoms with Gasteiger partial charge in [-0.3, -0.25) is 0 Å². The summed E-state index contributed by atoms with van der Waals surface area (Å²) in [6, 6.07) is 11.7. The molecule has 22 heavy (non-hydrogen) atoms. The smallest absolute Gasteiger partial charge is 0.0210 e. The molecule has 0 heteroatoms. The Morgan fingerprint density at radius 1 is 0.909 bits per heavy atom. The first-order chi connectivity index (χ1) is 10.8. The van der Waals surface area contributed by atoms with Crippen LogP contribution in [0.25, 0.3) is 11.1 Å². The van der Waals surface area contributed by atoms with Crippen LogP contribution in [0.4, 0.5) is 0 Å². The van der Waals surface area contributed by atoms with Crippen LogP contribution in [0.3, 0.4) is 0 Å². The zero-order valence-corrected chi connectivity index (χ0v) is 13.4. The number of benzene rings is 2. The van der Waals surface area contributed by atoms with E-state index in [2.05, 4.69) is 68.5 Å². The molecule has 2 aromatic rings. The van der Waals surface area contributed by atoms with Crippen molar-refractivity contribution in [3.8, 4) is 11.1 Å². The number of hydrogen-bond donors (Lipinski definition) is 0. The van der Waals surface area contributed by atoms with Gasteiger partial charge in [-0.25, -0.2) is 0 Å². The summed E-state index contributed by atoms with van der Waals surface area (Å²) in [5.41, 5.74) is 10.5. The Labute approximate surface area is 133 Å². The lowest BCUT2D eigenvalue weighted by atomic mass is 9.87. The molecule has 0 nitrogen and oxygen atoms in total. The number of aryl methyl sites for hydroxylation is 2. The molecule has 0 bridgehead atoms. The van der Waals surface area contributed by atoms with Crippen molar-refractivity contribution in [2.75, 3.05) is 0 Å². The van der Waals surface area contributed by atoms with Crippen LogP contribution in [0.15, 0.2) is 54.6 Å². The van der Waals surface area contributed by atoms with Gasteiger partial charge in [-0.05, 0) is 58.2 Å². The Morgan fingerprint density at radius 3 is 2.41 bits per heavy atom. The number of hydrogen-bond acceptors (Lipinski definition) is 0. The molecule has 0 heterocycles. The predicted octanol–water partition coefficient (Wildman–Crippen LogP) is 5.59. The van der Waals surface area contributed by atoms with E-state index < -0.39 is 0 Å². The van der Waals surface area contributed by atoms with Gasteiger partial charge in [0.2, 0.25) is 0 Å². The fraction of sp³-hybridized carbons (Fsp3) is 0.273. The normalized spacial score (nSPS) is 15.4. The minimum atomic E-state index is 0.463. The van der Waals surface area contributed by atoms with Crippen LogP contribution >= 0.6 is 0 Å². The molecule has 0 saturated carbocycles. The summed E-state index contributed by atoms with van der Waals surface area (Å²) in [4.78, 5) is 0. The van der Waals surface area contributed by atoms with Gasteiger partial charge in [0.1, 0.15) is 0 Å². The molecule has 0 aliphatic heterocycles. The van der Waals surface area contributed by atoms with E-state index >= 15 is 0 Å². The predicted molar refractivity (Wildman–Crippen MR) is 94.5 cm³/mol. The van der Waals surface area contributed by atoms with Crippen molar-refractivity contribution < 1.29 is 0 Å².